The van der Waals surface area contributed by atoms with Crippen LogP contribution in [0.15, 0.2) is 47.4 Å². The van der Waals surface area contributed by atoms with Gasteiger partial charge in [-0.15, -0.1) is 0 Å². The van der Waals surface area contributed by atoms with Crippen LogP contribution < -0.4 is 20.5 Å². The zero-order chi connectivity index (χ0) is 21.0. The van der Waals surface area contributed by atoms with Gasteiger partial charge in [0.1, 0.15) is 11.4 Å². The van der Waals surface area contributed by atoms with Crippen molar-refractivity contribution in [2.45, 2.75) is 23.8 Å². The fraction of sp³-hybridized carbons (Fsp3) is 0.278. The van der Waals surface area contributed by atoms with Gasteiger partial charge in [-0.2, -0.15) is 0 Å². The van der Waals surface area contributed by atoms with E-state index < -0.39 is 20.6 Å². The molecule has 1 amide bonds. The van der Waals surface area contributed by atoms with E-state index in [1.165, 1.54) is 12.1 Å². The van der Waals surface area contributed by atoms with Gasteiger partial charge in [0.15, 0.2) is 0 Å². The summed E-state index contributed by atoms with van der Waals surface area (Å²) >= 11 is 0. The Labute approximate surface area is 167 Å². The van der Waals surface area contributed by atoms with Crippen LogP contribution in [0.25, 0.3) is 0 Å². The van der Waals surface area contributed by atoms with Crippen LogP contribution in [0.3, 0.4) is 0 Å². The minimum atomic E-state index is -4.06. The Kier molecular flexibility index (Phi) is 5.99. The van der Waals surface area contributed by atoms with Gasteiger partial charge in [0.25, 0.3) is 5.69 Å². The lowest BCUT2D eigenvalue weighted by atomic mass is 10.0. The van der Waals surface area contributed by atoms with Crippen molar-refractivity contribution in [1.29, 1.82) is 0 Å². The average Bonchev–Trinajstić information content (AvgIpc) is 2.67. The molecule has 11 heteroatoms. The first-order valence-corrected chi connectivity index (χ1v) is 10.4. The van der Waals surface area contributed by atoms with E-state index in [0.717, 1.165) is 17.4 Å². The quantitative estimate of drug-likeness (QED) is 0.455. The molecule has 1 heterocycles. The van der Waals surface area contributed by atoms with Gasteiger partial charge in [0, 0.05) is 31.0 Å². The molecule has 0 fully saturated rings. The van der Waals surface area contributed by atoms with E-state index >= 15 is 0 Å². The van der Waals surface area contributed by atoms with E-state index in [2.05, 4.69) is 10.6 Å². The summed E-state index contributed by atoms with van der Waals surface area (Å²) in [6.07, 6.45) is 0.726. The first-order chi connectivity index (χ1) is 13.8. The molecule has 1 aliphatic heterocycles. The normalized spacial score (nSPS) is 15.7. The summed E-state index contributed by atoms with van der Waals surface area (Å²) in [6, 6.07) is 10.6. The maximum absolute atomic E-state index is 12.3. The first kappa shape index (κ1) is 20.6. The van der Waals surface area contributed by atoms with E-state index in [-0.39, 0.29) is 35.5 Å². The molecule has 0 aromatic heterocycles. The van der Waals surface area contributed by atoms with Gasteiger partial charge < -0.3 is 15.4 Å². The molecular weight excluding hydrogens is 400 g/mol. The lowest BCUT2D eigenvalue weighted by molar-refractivity contribution is -0.384. The molecule has 154 valence electrons. The molecule has 1 atom stereocenters. The molecule has 1 unspecified atom stereocenters. The van der Waals surface area contributed by atoms with Gasteiger partial charge in [0.05, 0.1) is 22.5 Å². The summed E-state index contributed by atoms with van der Waals surface area (Å²) in [5, 5.41) is 22.0. The standard InChI is InChI=1S/C18H20N4O6S/c19-29(26,27)12-5-6-15(16(11-12)22(24)25)20-9-7-18(23)21-14-8-10-28-17-4-2-1-3-13(14)17/h1-6,11,14,20H,7-10H2,(H,21,23)(H2,19,26,27). The van der Waals surface area contributed by atoms with Crippen molar-refractivity contribution >= 4 is 27.3 Å². The molecule has 0 aliphatic carbocycles. The number of sulfonamides is 1. The van der Waals surface area contributed by atoms with Crippen LogP contribution in [0, 0.1) is 10.1 Å². The number of carbonyl (C=O) groups excluding carboxylic acids is 1. The third-order valence-corrected chi connectivity index (χ3v) is 5.37. The van der Waals surface area contributed by atoms with E-state index in [4.69, 9.17) is 9.88 Å². The highest BCUT2D eigenvalue weighted by Crippen LogP contribution is 2.31. The molecule has 2 aromatic rings. The number of nitrogens with two attached hydrogens (primary N) is 1. The van der Waals surface area contributed by atoms with Crippen LogP contribution in [0.2, 0.25) is 0 Å². The van der Waals surface area contributed by atoms with Gasteiger partial charge >= 0.3 is 0 Å². The van der Waals surface area contributed by atoms with Crippen LogP contribution in [0.1, 0.15) is 24.4 Å². The number of carbonyl (C=O) groups is 1. The van der Waals surface area contributed by atoms with Crippen molar-refractivity contribution in [2.24, 2.45) is 5.14 Å². The van der Waals surface area contributed by atoms with Crippen molar-refractivity contribution < 1.29 is 22.9 Å². The number of hydrogen-bond donors (Lipinski definition) is 3. The highest BCUT2D eigenvalue weighted by atomic mass is 32.2. The van der Waals surface area contributed by atoms with Gasteiger partial charge in [-0.25, -0.2) is 13.6 Å². The Hall–Kier alpha value is -3.18. The number of fused-ring (bicyclic) bond motifs is 1. The molecule has 0 spiro atoms. The summed E-state index contributed by atoms with van der Waals surface area (Å²) in [5.74, 6) is 0.524. The highest BCUT2D eigenvalue weighted by molar-refractivity contribution is 7.89. The Balaban J connectivity index is 1.60. The largest absolute Gasteiger partial charge is 0.493 e. The predicted molar refractivity (Wildman–Crippen MR) is 105 cm³/mol. The molecule has 0 saturated heterocycles. The lowest BCUT2D eigenvalue weighted by Crippen LogP contribution is -2.33. The van der Waals surface area contributed by atoms with Crippen LogP contribution in [0.4, 0.5) is 11.4 Å². The van der Waals surface area contributed by atoms with E-state index in [0.29, 0.717) is 13.0 Å². The number of amides is 1. The highest BCUT2D eigenvalue weighted by Gasteiger charge is 2.23. The van der Waals surface area contributed by atoms with Crippen LogP contribution in [-0.4, -0.2) is 32.4 Å². The van der Waals surface area contributed by atoms with Gasteiger partial charge in [-0.1, -0.05) is 18.2 Å². The summed E-state index contributed by atoms with van der Waals surface area (Å²) in [5.41, 5.74) is 0.580. The summed E-state index contributed by atoms with van der Waals surface area (Å²) in [7, 11) is -4.06. The Morgan fingerprint density at radius 3 is 2.76 bits per heavy atom. The molecular formula is C18H20N4O6S. The van der Waals surface area contributed by atoms with Crippen molar-refractivity contribution in [2.75, 3.05) is 18.5 Å². The zero-order valence-electron chi connectivity index (χ0n) is 15.3. The van der Waals surface area contributed by atoms with Gasteiger partial charge in [-0.05, 0) is 18.2 Å². The number of primary sulfonamides is 1. The fourth-order valence-electron chi connectivity index (χ4n) is 3.06. The van der Waals surface area contributed by atoms with Crippen molar-refractivity contribution in [3.8, 4) is 5.75 Å². The summed E-state index contributed by atoms with van der Waals surface area (Å²) < 4.78 is 28.3. The van der Waals surface area contributed by atoms with Gasteiger partial charge in [0.2, 0.25) is 15.9 Å². The number of anilines is 1. The molecule has 4 N–H and O–H groups in total. The minimum Gasteiger partial charge on any atom is -0.493 e. The Morgan fingerprint density at radius 1 is 1.28 bits per heavy atom. The number of para-hydroxylation sites is 1. The lowest BCUT2D eigenvalue weighted by Gasteiger charge is -2.26. The van der Waals surface area contributed by atoms with Crippen molar-refractivity contribution in [3.05, 3.63) is 58.1 Å². The van der Waals surface area contributed by atoms with Crippen LogP contribution >= 0.6 is 0 Å². The van der Waals surface area contributed by atoms with Gasteiger partial charge in [-0.3, -0.25) is 14.9 Å². The average molecular weight is 420 g/mol. The number of hydrogen-bond acceptors (Lipinski definition) is 7. The number of nitrogens with zero attached hydrogens (tertiary/aromatic N) is 1. The summed E-state index contributed by atoms with van der Waals surface area (Å²) in [4.78, 5) is 22.4. The Bertz CT molecular complexity index is 1040. The monoisotopic (exact) mass is 420 g/mol. The zero-order valence-corrected chi connectivity index (χ0v) is 16.1. The molecule has 29 heavy (non-hydrogen) atoms. The maximum Gasteiger partial charge on any atom is 0.293 e. The molecule has 1 aliphatic rings. The molecule has 0 radical (unpaired) electrons. The fourth-order valence-corrected chi connectivity index (χ4v) is 3.59. The van der Waals surface area contributed by atoms with E-state index in [1.807, 2.05) is 24.3 Å². The van der Waals surface area contributed by atoms with Crippen molar-refractivity contribution in [3.63, 3.8) is 0 Å². The minimum absolute atomic E-state index is 0.0770. The topological polar surface area (TPSA) is 154 Å². The molecule has 3 rings (SSSR count). The smallest absolute Gasteiger partial charge is 0.293 e. The number of rotatable bonds is 7. The van der Waals surface area contributed by atoms with E-state index in [1.54, 1.807) is 0 Å². The SMILES string of the molecule is NS(=O)(=O)c1ccc(NCCC(=O)NC2CCOc3ccccc32)c([N+](=O)[O-])c1. The third kappa shape index (κ3) is 5.00. The number of nitro benzene ring substituents is 1. The van der Waals surface area contributed by atoms with E-state index in [9.17, 15) is 23.3 Å². The molecule has 2 aromatic carbocycles. The third-order valence-electron chi connectivity index (χ3n) is 4.46. The van der Waals surface area contributed by atoms with Crippen LogP contribution in [-0.2, 0) is 14.8 Å². The molecule has 0 saturated carbocycles. The number of nitro groups is 1. The van der Waals surface area contributed by atoms with Crippen molar-refractivity contribution in [1.82, 2.24) is 5.32 Å². The molecule has 0 bridgehead atoms. The predicted octanol–water partition coefficient (Wildman–Crippen LogP) is 1.68. The number of nitrogens with one attached hydrogen (secondary N) is 2. The summed E-state index contributed by atoms with van der Waals surface area (Å²) in [6.45, 7) is 0.634. The number of benzene rings is 2. The second-order valence-electron chi connectivity index (χ2n) is 6.45. The second-order valence-corrected chi connectivity index (χ2v) is 8.01. The second kappa shape index (κ2) is 8.45. The maximum atomic E-state index is 12.3. The van der Waals surface area contributed by atoms with Crippen LogP contribution in [0.5, 0.6) is 5.75 Å². The molecule has 10 nitrogen and oxygen atoms in total. The number of ether oxygens (including phenoxy) is 1. The Morgan fingerprint density at radius 2 is 2.03 bits per heavy atom. The first-order valence-electron chi connectivity index (χ1n) is 8.82.